The van der Waals surface area contributed by atoms with Crippen molar-refractivity contribution in [3.63, 3.8) is 0 Å². The minimum absolute atomic E-state index is 0.0161. The van der Waals surface area contributed by atoms with Gasteiger partial charge in [0.05, 0.1) is 5.41 Å². The fourth-order valence-electron chi connectivity index (χ4n) is 3.98. The van der Waals surface area contributed by atoms with Gasteiger partial charge in [-0.25, -0.2) is 0 Å². The van der Waals surface area contributed by atoms with E-state index in [1.165, 1.54) is 17.0 Å². The van der Waals surface area contributed by atoms with Gasteiger partial charge < -0.3 is 0 Å². The van der Waals surface area contributed by atoms with Crippen LogP contribution in [0.3, 0.4) is 0 Å². The summed E-state index contributed by atoms with van der Waals surface area (Å²) in [4.78, 5) is 13.6. The third kappa shape index (κ3) is 4.51. The number of rotatable bonds is 7. The van der Waals surface area contributed by atoms with Crippen molar-refractivity contribution < 1.29 is 9.37 Å². The van der Waals surface area contributed by atoms with E-state index in [-0.39, 0.29) is 11.3 Å². The molecule has 0 unspecified atom stereocenters. The molecule has 0 fully saturated rings. The van der Waals surface area contributed by atoms with E-state index in [2.05, 4.69) is 61.8 Å². The largest absolute Gasteiger partial charge is 0.288 e. The molecule has 1 aliphatic rings. The predicted molar refractivity (Wildman–Crippen MR) is 127 cm³/mol. The highest BCUT2D eigenvalue weighted by molar-refractivity contribution is 6.03. The molecule has 30 heavy (non-hydrogen) atoms. The van der Waals surface area contributed by atoms with Crippen molar-refractivity contribution in [1.29, 1.82) is 0 Å². The summed E-state index contributed by atoms with van der Waals surface area (Å²) in [5.41, 5.74) is 4.84. The summed E-state index contributed by atoms with van der Waals surface area (Å²) in [6.45, 7) is 9.37. The Balaban J connectivity index is 1.77. The van der Waals surface area contributed by atoms with E-state index in [1.807, 2.05) is 48.6 Å². The molecule has 2 aromatic rings. The van der Waals surface area contributed by atoms with Crippen LogP contribution < -0.4 is 4.90 Å². The lowest BCUT2D eigenvalue weighted by molar-refractivity contribution is -0.437. The van der Waals surface area contributed by atoms with Crippen molar-refractivity contribution in [2.45, 2.75) is 39.5 Å². The van der Waals surface area contributed by atoms with Crippen LogP contribution in [-0.4, -0.2) is 22.7 Å². The van der Waals surface area contributed by atoms with Gasteiger partial charge in [-0.2, -0.15) is 4.58 Å². The first-order valence-corrected chi connectivity index (χ1v) is 10.6. The molecule has 3 nitrogen and oxygen atoms in total. The first-order valence-electron chi connectivity index (χ1n) is 10.6. The highest BCUT2D eigenvalue weighted by Gasteiger charge is 2.43. The Morgan fingerprint density at radius 3 is 2.33 bits per heavy atom. The van der Waals surface area contributed by atoms with Crippen molar-refractivity contribution in [2.75, 3.05) is 11.4 Å². The van der Waals surface area contributed by atoms with Crippen LogP contribution in [0.2, 0.25) is 0 Å². The molecule has 0 saturated carbocycles. The Morgan fingerprint density at radius 2 is 1.63 bits per heavy atom. The van der Waals surface area contributed by atoms with Crippen LogP contribution in [0.15, 0.2) is 91.2 Å². The van der Waals surface area contributed by atoms with E-state index in [0.29, 0.717) is 0 Å². The van der Waals surface area contributed by atoms with E-state index < -0.39 is 0 Å². The van der Waals surface area contributed by atoms with Crippen molar-refractivity contribution in [3.8, 4) is 0 Å². The zero-order valence-corrected chi connectivity index (χ0v) is 18.4. The minimum atomic E-state index is -0.0231. The molecule has 0 bridgehead atoms. The number of amides is 1. The van der Waals surface area contributed by atoms with E-state index >= 15 is 0 Å². The molecule has 1 amide bonds. The average Bonchev–Trinajstić information content (AvgIpc) is 2.95. The first-order chi connectivity index (χ1) is 14.5. The number of anilines is 1. The molecule has 0 aliphatic carbocycles. The minimum Gasteiger partial charge on any atom is -0.288 e. The van der Waals surface area contributed by atoms with E-state index in [4.69, 9.17) is 0 Å². The molecular weight excluding hydrogens is 368 g/mol. The van der Waals surface area contributed by atoms with Gasteiger partial charge in [-0.3, -0.25) is 9.69 Å². The molecule has 0 radical (unpaired) electrons. The number of nitrogens with zero attached hydrogens (tertiary/aromatic N) is 2. The Hall–Kier alpha value is -3.20. The SMILES string of the molecule is CCC[N+]1=C(/C=C/C=C/C=C/N(C(C)=O)c2ccccc2)C(C)(C)c2ccccc21. The number of benzene rings is 2. The second-order valence-corrected chi connectivity index (χ2v) is 7.99. The lowest BCUT2D eigenvalue weighted by Gasteiger charge is -2.15. The van der Waals surface area contributed by atoms with Gasteiger partial charge in [-0.15, -0.1) is 0 Å². The maximum atomic E-state index is 11.9. The molecule has 0 aromatic heterocycles. The summed E-state index contributed by atoms with van der Waals surface area (Å²) in [6.07, 6.45) is 13.0. The smallest absolute Gasteiger partial charge is 0.227 e. The summed E-state index contributed by atoms with van der Waals surface area (Å²) < 4.78 is 2.43. The maximum absolute atomic E-state index is 11.9. The van der Waals surface area contributed by atoms with Gasteiger partial charge >= 0.3 is 0 Å². The molecule has 154 valence electrons. The second kappa shape index (κ2) is 9.53. The maximum Gasteiger partial charge on any atom is 0.227 e. The van der Waals surface area contributed by atoms with Crippen LogP contribution in [-0.2, 0) is 10.2 Å². The van der Waals surface area contributed by atoms with E-state index in [1.54, 1.807) is 18.0 Å². The zero-order valence-electron chi connectivity index (χ0n) is 18.4. The first kappa shape index (κ1) is 21.5. The van der Waals surface area contributed by atoms with Crippen molar-refractivity contribution in [2.24, 2.45) is 0 Å². The normalized spacial score (nSPS) is 15.5. The summed E-state index contributed by atoms with van der Waals surface area (Å²) in [6, 6.07) is 18.3. The number of allylic oxidation sites excluding steroid dienone is 5. The van der Waals surface area contributed by atoms with Crippen LogP contribution in [0.5, 0.6) is 0 Å². The molecule has 0 atom stereocenters. The van der Waals surface area contributed by atoms with E-state index in [9.17, 15) is 4.79 Å². The van der Waals surface area contributed by atoms with Gasteiger partial charge in [-0.1, -0.05) is 61.5 Å². The fourth-order valence-corrected chi connectivity index (χ4v) is 3.98. The summed E-state index contributed by atoms with van der Waals surface area (Å²) in [7, 11) is 0. The topological polar surface area (TPSA) is 23.3 Å². The van der Waals surface area contributed by atoms with Crippen LogP contribution in [0.4, 0.5) is 11.4 Å². The molecule has 3 heteroatoms. The average molecular weight is 400 g/mol. The second-order valence-electron chi connectivity index (χ2n) is 7.99. The van der Waals surface area contributed by atoms with Crippen molar-refractivity contribution in [1.82, 2.24) is 0 Å². The monoisotopic (exact) mass is 399 g/mol. The third-order valence-electron chi connectivity index (χ3n) is 5.44. The number of carbonyl (C=O) groups is 1. The highest BCUT2D eigenvalue weighted by atomic mass is 16.2. The van der Waals surface area contributed by atoms with Gasteiger partial charge in [0, 0.05) is 42.9 Å². The van der Waals surface area contributed by atoms with Crippen molar-refractivity contribution >= 4 is 23.0 Å². The van der Waals surface area contributed by atoms with Gasteiger partial charge in [0.1, 0.15) is 6.54 Å². The highest BCUT2D eigenvalue weighted by Crippen LogP contribution is 2.39. The molecular formula is C27H31N2O+. The third-order valence-corrected chi connectivity index (χ3v) is 5.44. The van der Waals surface area contributed by atoms with Crippen LogP contribution in [0.1, 0.15) is 39.7 Å². The Bertz CT molecular complexity index is 1010. The number of hydrogen-bond donors (Lipinski definition) is 0. The Labute approximate surface area is 180 Å². The number of hydrogen-bond acceptors (Lipinski definition) is 1. The Kier molecular flexibility index (Phi) is 6.83. The zero-order chi connectivity index (χ0) is 21.6. The number of carbonyl (C=O) groups excluding carboxylic acids is 1. The summed E-state index contributed by atoms with van der Waals surface area (Å²) in [5.74, 6) is -0.0161. The standard InChI is InChI=1S/C27H31N2O/c1-5-20-29-25-18-13-12-17-24(25)27(3,4)26(29)19-11-6-7-14-21-28(22(2)30)23-15-9-8-10-16-23/h6-19,21H,5,20H2,1-4H3/q+1. The van der Waals surface area contributed by atoms with Gasteiger partial charge in [0.2, 0.25) is 11.6 Å². The molecule has 0 saturated heterocycles. The van der Waals surface area contributed by atoms with Crippen LogP contribution >= 0.6 is 0 Å². The molecule has 0 spiro atoms. The summed E-state index contributed by atoms with van der Waals surface area (Å²) >= 11 is 0. The predicted octanol–water partition coefficient (Wildman–Crippen LogP) is 6.15. The summed E-state index contributed by atoms with van der Waals surface area (Å²) in [5, 5.41) is 0. The van der Waals surface area contributed by atoms with Crippen LogP contribution in [0.25, 0.3) is 0 Å². The van der Waals surface area contributed by atoms with Crippen LogP contribution in [0, 0.1) is 0 Å². The van der Waals surface area contributed by atoms with Gasteiger partial charge in [0.25, 0.3) is 0 Å². The Morgan fingerprint density at radius 1 is 0.967 bits per heavy atom. The quantitative estimate of drug-likeness (QED) is 0.404. The van der Waals surface area contributed by atoms with Crippen molar-refractivity contribution in [3.05, 3.63) is 96.7 Å². The molecule has 1 aliphatic heterocycles. The molecule has 1 heterocycles. The lowest BCUT2D eigenvalue weighted by atomic mass is 9.81. The lowest BCUT2D eigenvalue weighted by Crippen LogP contribution is -2.27. The fraction of sp³-hybridized carbons (Fsp3) is 0.259. The molecule has 2 aromatic carbocycles. The van der Waals surface area contributed by atoms with E-state index in [0.717, 1.165) is 18.7 Å². The number of para-hydroxylation sites is 2. The molecule has 3 rings (SSSR count). The van der Waals surface area contributed by atoms with Gasteiger partial charge in [0.15, 0.2) is 5.71 Å². The molecule has 0 N–H and O–H groups in total. The number of fused-ring (bicyclic) bond motifs is 1. The van der Waals surface area contributed by atoms with Gasteiger partial charge in [-0.05, 0) is 32.1 Å².